The molecular weight excluding hydrogens is 354 g/mol. The van der Waals surface area contributed by atoms with Gasteiger partial charge >= 0.3 is 0 Å². The summed E-state index contributed by atoms with van der Waals surface area (Å²) in [6.07, 6.45) is 3.97. The van der Waals surface area contributed by atoms with Crippen LogP contribution in [0.4, 0.5) is 5.69 Å². The second kappa shape index (κ2) is 8.75. The minimum atomic E-state index is -0.317. The van der Waals surface area contributed by atoms with Crippen LogP contribution in [-0.4, -0.2) is 24.6 Å². The lowest BCUT2D eigenvalue weighted by Gasteiger charge is -2.23. The molecule has 1 heterocycles. The lowest BCUT2D eigenvalue weighted by atomic mass is 9.85. The molecule has 1 aliphatic rings. The van der Waals surface area contributed by atoms with Crippen molar-refractivity contribution in [2.45, 2.75) is 45.4 Å². The van der Waals surface area contributed by atoms with Crippen molar-refractivity contribution in [1.82, 2.24) is 4.98 Å². The van der Waals surface area contributed by atoms with Crippen LogP contribution < -0.4 is 14.8 Å². The average Bonchev–Trinajstić information content (AvgIpc) is 2.71. The number of rotatable bonds is 6. The minimum Gasteiger partial charge on any atom is -0.497 e. The van der Waals surface area contributed by atoms with Crippen molar-refractivity contribution in [3.05, 3.63) is 46.6 Å². The van der Waals surface area contributed by atoms with Crippen molar-refractivity contribution < 1.29 is 14.3 Å². The molecule has 0 atom stereocenters. The Morgan fingerprint density at radius 1 is 1.29 bits per heavy atom. The van der Waals surface area contributed by atoms with E-state index in [1.807, 2.05) is 0 Å². The number of anilines is 1. The van der Waals surface area contributed by atoms with Crippen LogP contribution in [0.5, 0.6) is 11.6 Å². The van der Waals surface area contributed by atoms with Gasteiger partial charge in [-0.1, -0.05) is 19.9 Å². The molecule has 0 saturated heterocycles. The molecule has 6 heteroatoms. The van der Waals surface area contributed by atoms with E-state index in [1.165, 1.54) is 5.56 Å². The highest BCUT2D eigenvalue weighted by molar-refractivity contribution is 5.92. The zero-order chi connectivity index (χ0) is 20.1. The molecule has 1 N–H and O–H groups in total. The van der Waals surface area contributed by atoms with Crippen LogP contribution in [0.2, 0.25) is 0 Å². The first kappa shape index (κ1) is 19.7. The predicted octanol–water partition coefficient (Wildman–Crippen LogP) is 3.98. The van der Waals surface area contributed by atoms with Gasteiger partial charge in [0, 0.05) is 11.8 Å². The van der Waals surface area contributed by atoms with Crippen LogP contribution >= 0.6 is 0 Å². The van der Waals surface area contributed by atoms with E-state index in [2.05, 4.69) is 30.2 Å². The van der Waals surface area contributed by atoms with Gasteiger partial charge in [0.2, 0.25) is 5.88 Å². The van der Waals surface area contributed by atoms with Gasteiger partial charge in [0.25, 0.3) is 5.91 Å². The van der Waals surface area contributed by atoms with Crippen molar-refractivity contribution in [1.29, 1.82) is 5.26 Å². The number of benzene rings is 1. The molecule has 1 aromatic carbocycles. The van der Waals surface area contributed by atoms with Crippen molar-refractivity contribution in [2.75, 3.05) is 19.0 Å². The van der Waals surface area contributed by atoms with Gasteiger partial charge in [-0.15, -0.1) is 0 Å². The maximum Gasteiger partial charge on any atom is 0.262 e. The molecule has 1 amide bonds. The molecule has 6 nitrogen and oxygen atoms in total. The van der Waals surface area contributed by atoms with E-state index in [9.17, 15) is 10.1 Å². The molecule has 3 rings (SSSR count). The SMILES string of the molecule is COc1cccc(NC(=O)COc2nc(C(C)C)c3c(c2C#N)CCCC3)c1. The number of nitriles is 1. The lowest BCUT2D eigenvalue weighted by Crippen LogP contribution is -2.22. The molecule has 146 valence electrons. The predicted molar refractivity (Wildman–Crippen MR) is 107 cm³/mol. The molecule has 0 fully saturated rings. The third-order valence-corrected chi connectivity index (χ3v) is 4.87. The fourth-order valence-electron chi connectivity index (χ4n) is 3.55. The third kappa shape index (κ3) is 4.25. The molecule has 0 aliphatic heterocycles. The standard InChI is InChI=1S/C22H25N3O3/c1-14(2)21-18-10-5-4-9-17(18)19(12-23)22(25-21)28-13-20(26)24-15-7-6-8-16(11-15)27-3/h6-8,11,14H,4-5,9-10,13H2,1-3H3,(H,24,26). The van der Waals surface area contributed by atoms with Gasteiger partial charge in [-0.25, -0.2) is 4.98 Å². The summed E-state index contributed by atoms with van der Waals surface area (Å²) < 4.78 is 10.9. The Balaban J connectivity index is 1.79. The highest BCUT2D eigenvalue weighted by Crippen LogP contribution is 2.34. The number of nitrogens with zero attached hydrogens (tertiary/aromatic N) is 2. The molecule has 1 aliphatic carbocycles. The number of fused-ring (bicyclic) bond motifs is 1. The van der Waals surface area contributed by atoms with Gasteiger partial charge in [0.15, 0.2) is 6.61 Å². The van der Waals surface area contributed by atoms with Crippen LogP contribution in [0.15, 0.2) is 24.3 Å². The van der Waals surface area contributed by atoms with E-state index in [1.54, 1.807) is 31.4 Å². The zero-order valence-corrected chi connectivity index (χ0v) is 16.5. The van der Waals surface area contributed by atoms with Gasteiger partial charge in [0.1, 0.15) is 17.4 Å². The Morgan fingerprint density at radius 3 is 2.71 bits per heavy atom. The van der Waals surface area contributed by atoms with Crippen molar-refractivity contribution in [3.63, 3.8) is 0 Å². The number of pyridine rings is 1. The Kier molecular flexibility index (Phi) is 6.15. The zero-order valence-electron chi connectivity index (χ0n) is 16.5. The van der Waals surface area contributed by atoms with Crippen LogP contribution in [0.1, 0.15) is 55.0 Å². The van der Waals surface area contributed by atoms with Gasteiger partial charge in [-0.3, -0.25) is 4.79 Å². The van der Waals surface area contributed by atoms with E-state index < -0.39 is 0 Å². The third-order valence-electron chi connectivity index (χ3n) is 4.87. The Hall–Kier alpha value is -3.07. The summed E-state index contributed by atoms with van der Waals surface area (Å²) in [5, 5.41) is 12.4. The monoisotopic (exact) mass is 379 g/mol. The highest BCUT2D eigenvalue weighted by atomic mass is 16.5. The average molecular weight is 379 g/mol. The molecule has 0 unspecified atom stereocenters. The molecule has 0 spiro atoms. The minimum absolute atomic E-state index is 0.213. The maximum atomic E-state index is 12.3. The second-order valence-corrected chi connectivity index (χ2v) is 7.18. The number of nitrogens with one attached hydrogen (secondary N) is 1. The summed E-state index contributed by atoms with van der Waals surface area (Å²) in [6.45, 7) is 3.96. The number of methoxy groups -OCH3 is 1. The highest BCUT2D eigenvalue weighted by Gasteiger charge is 2.24. The summed E-state index contributed by atoms with van der Waals surface area (Å²) >= 11 is 0. The van der Waals surface area contributed by atoms with Gasteiger partial charge < -0.3 is 14.8 Å². The number of hydrogen-bond donors (Lipinski definition) is 1. The number of amides is 1. The first-order chi connectivity index (χ1) is 13.5. The molecule has 2 aromatic rings. The summed E-state index contributed by atoms with van der Waals surface area (Å²) in [5.74, 6) is 0.825. The Labute approximate surface area is 165 Å². The van der Waals surface area contributed by atoms with E-state index in [0.717, 1.165) is 36.9 Å². The van der Waals surface area contributed by atoms with E-state index >= 15 is 0 Å². The summed E-state index contributed by atoms with van der Waals surface area (Å²) in [4.78, 5) is 16.9. The Bertz CT molecular complexity index is 916. The molecule has 0 bridgehead atoms. The summed E-state index contributed by atoms with van der Waals surface area (Å²) in [7, 11) is 1.57. The molecule has 0 radical (unpaired) electrons. The van der Waals surface area contributed by atoms with E-state index in [4.69, 9.17) is 9.47 Å². The molecule has 28 heavy (non-hydrogen) atoms. The number of carbonyl (C=O) groups excluding carboxylic acids is 1. The molecular formula is C22H25N3O3. The first-order valence-electron chi connectivity index (χ1n) is 9.56. The topological polar surface area (TPSA) is 84.2 Å². The number of carbonyl (C=O) groups is 1. The Morgan fingerprint density at radius 2 is 2.04 bits per heavy atom. The number of ether oxygens (including phenoxy) is 2. The molecule has 0 saturated carbocycles. The van der Waals surface area contributed by atoms with Gasteiger partial charge in [-0.05, 0) is 54.9 Å². The van der Waals surface area contributed by atoms with Crippen LogP contribution in [0.3, 0.4) is 0 Å². The van der Waals surface area contributed by atoms with Crippen LogP contribution in [-0.2, 0) is 17.6 Å². The summed E-state index contributed by atoms with van der Waals surface area (Å²) in [5.41, 5.74) is 4.28. The van der Waals surface area contributed by atoms with Crippen molar-refractivity contribution in [3.8, 4) is 17.7 Å². The number of hydrogen-bond acceptors (Lipinski definition) is 5. The van der Waals surface area contributed by atoms with Crippen molar-refractivity contribution >= 4 is 11.6 Å². The largest absolute Gasteiger partial charge is 0.497 e. The summed E-state index contributed by atoms with van der Waals surface area (Å²) in [6, 6.07) is 9.34. The van der Waals surface area contributed by atoms with Crippen molar-refractivity contribution in [2.24, 2.45) is 0 Å². The second-order valence-electron chi connectivity index (χ2n) is 7.18. The first-order valence-corrected chi connectivity index (χ1v) is 9.56. The molecule has 1 aromatic heterocycles. The normalized spacial score (nSPS) is 12.8. The van der Waals surface area contributed by atoms with E-state index in [0.29, 0.717) is 17.0 Å². The fourth-order valence-corrected chi connectivity index (χ4v) is 3.55. The van der Waals surface area contributed by atoms with E-state index in [-0.39, 0.29) is 24.3 Å². The number of aromatic nitrogens is 1. The maximum absolute atomic E-state index is 12.3. The smallest absolute Gasteiger partial charge is 0.262 e. The fraction of sp³-hybridized carbons (Fsp3) is 0.409. The van der Waals surface area contributed by atoms with Gasteiger partial charge in [-0.2, -0.15) is 5.26 Å². The van der Waals surface area contributed by atoms with Gasteiger partial charge in [0.05, 0.1) is 12.8 Å². The van der Waals surface area contributed by atoms with Crippen LogP contribution in [0, 0.1) is 11.3 Å². The van der Waals surface area contributed by atoms with Crippen LogP contribution in [0.25, 0.3) is 0 Å². The lowest BCUT2D eigenvalue weighted by molar-refractivity contribution is -0.118. The quantitative estimate of drug-likeness (QED) is 0.821.